The van der Waals surface area contributed by atoms with Gasteiger partial charge in [0.25, 0.3) is 0 Å². The van der Waals surface area contributed by atoms with E-state index in [4.69, 9.17) is 4.74 Å². The summed E-state index contributed by atoms with van der Waals surface area (Å²) in [5.41, 5.74) is 1.23. The fraction of sp³-hybridized carbons (Fsp3) is 0.0667. The van der Waals surface area contributed by atoms with Crippen LogP contribution in [0.15, 0.2) is 70.8 Å². The molecule has 2 aromatic rings. The molecular formula is C15H13NOS. The first-order valence-electron chi connectivity index (χ1n) is 5.77. The molecule has 0 aliphatic carbocycles. The van der Waals surface area contributed by atoms with E-state index >= 15 is 0 Å². The molecule has 0 amide bonds. The Morgan fingerprint density at radius 1 is 1.00 bits per heavy atom. The van der Waals surface area contributed by atoms with Crippen LogP contribution in [0.1, 0.15) is 0 Å². The Kier molecular flexibility index (Phi) is 2.99. The molecule has 1 aliphatic rings. The number of hydrogen-bond donors (Lipinski definition) is 0. The second-order valence-electron chi connectivity index (χ2n) is 4.02. The monoisotopic (exact) mass is 255 g/mol. The normalized spacial score (nSPS) is 15.8. The number of ether oxygens (including phenoxy) is 1. The third kappa shape index (κ3) is 2.09. The zero-order chi connectivity index (χ0) is 12.4. The van der Waals surface area contributed by atoms with E-state index in [0.717, 1.165) is 10.8 Å². The highest BCUT2D eigenvalue weighted by Crippen LogP contribution is 2.44. The summed E-state index contributed by atoms with van der Waals surface area (Å²) < 4.78 is 5.67. The lowest BCUT2D eigenvalue weighted by atomic mass is 10.3. The SMILES string of the molecule is CN1C(=COc2ccccc2)Sc2ccccc21. The van der Waals surface area contributed by atoms with Gasteiger partial charge in [-0.25, -0.2) is 0 Å². The summed E-state index contributed by atoms with van der Waals surface area (Å²) in [7, 11) is 2.05. The molecule has 0 aromatic heterocycles. The molecule has 18 heavy (non-hydrogen) atoms. The Morgan fingerprint density at radius 3 is 2.50 bits per heavy atom. The van der Waals surface area contributed by atoms with Gasteiger partial charge in [-0.05, 0) is 24.3 Å². The van der Waals surface area contributed by atoms with Crippen LogP contribution in [-0.4, -0.2) is 7.05 Å². The number of rotatable bonds is 2. The number of para-hydroxylation sites is 2. The molecule has 0 bridgehead atoms. The molecule has 0 spiro atoms. The zero-order valence-electron chi connectivity index (χ0n) is 10.0. The van der Waals surface area contributed by atoms with Crippen molar-refractivity contribution in [3.05, 3.63) is 65.9 Å². The average molecular weight is 255 g/mol. The Bertz CT molecular complexity index is 580. The van der Waals surface area contributed by atoms with Gasteiger partial charge in [-0.15, -0.1) is 0 Å². The van der Waals surface area contributed by atoms with Gasteiger partial charge in [-0.2, -0.15) is 0 Å². The molecule has 0 unspecified atom stereocenters. The molecular weight excluding hydrogens is 242 g/mol. The minimum atomic E-state index is 0.856. The molecule has 3 heteroatoms. The van der Waals surface area contributed by atoms with Crippen molar-refractivity contribution >= 4 is 17.4 Å². The molecule has 0 saturated carbocycles. The summed E-state index contributed by atoms with van der Waals surface area (Å²) in [6.45, 7) is 0. The van der Waals surface area contributed by atoms with Crippen molar-refractivity contribution < 1.29 is 4.74 Å². The maximum absolute atomic E-state index is 5.67. The fourth-order valence-electron chi connectivity index (χ4n) is 1.84. The number of hydrogen-bond acceptors (Lipinski definition) is 3. The van der Waals surface area contributed by atoms with E-state index in [9.17, 15) is 0 Å². The number of fused-ring (bicyclic) bond motifs is 1. The van der Waals surface area contributed by atoms with Crippen molar-refractivity contribution in [3.63, 3.8) is 0 Å². The van der Waals surface area contributed by atoms with Gasteiger partial charge in [-0.1, -0.05) is 42.1 Å². The van der Waals surface area contributed by atoms with E-state index in [2.05, 4.69) is 36.2 Å². The predicted octanol–water partition coefficient (Wildman–Crippen LogP) is 4.11. The van der Waals surface area contributed by atoms with Crippen molar-refractivity contribution in [1.82, 2.24) is 0 Å². The van der Waals surface area contributed by atoms with Crippen LogP contribution in [0.5, 0.6) is 5.75 Å². The lowest BCUT2D eigenvalue weighted by molar-refractivity contribution is 0.478. The van der Waals surface area contributed by atoms with Crippen LogP contribution in [0.25, 0.3) is 0 Å². The topological polar surface area (TPSA) is 12.5 Å². The van der Waals surface area contributed by atoms with Crippen LogP contribution in [0.2, 0.25) is 0 Å². The number of benzene rings is 2. The van der Waals surface area contributed by atoms with Crippen LogP contribution in [0.4, 0.5) is 5.69 Å². The average Bonchev–Trinajstić information content (AvgIpc) is 2.75. The first kappa shape index (κ1) is 11.2. The molecule has 0 saturated heterocycles. The number of thioether (sulfide) groups is 1. The lowest BCUT2D eigenvalue weighted by Crippen LogP contribution is -2.10. The summed E-state index contributed by atoms with van der Waals surface area (Å²) in [4.78, 5) is 3.41. The molecule has 90 valence electrons. The zero-order valence-corrected chi connectivity index (χ0v) is 10.9. The van der Waals surface area contributed by atoms with E-state index in [0.29, 0.717) is 0 Å². The predicted molar refractivity (Wildman–Crippen MR) is 75.9 cm³/mol. The molecule has 2 nitrogen and oxygen atoms in total. The molecule has 1 heterocycles. The van der Waals surface area contributed by atoms with Crippen molar-refractivity contribution in [3.8, 4) is 5.75 Å². The summed E-state index contributed by atoms with van der Waals surface area (Å²) in [6, 6.07) is 18.2. The van der Waals surface area contributed by atoms with E-state index in [1.54, 1.807) is 18.0 Å². The number of nitrogens with zero attached hydrogens (tertiary/aromatic N) is 1. The Balaban J connectivity index is 1.80. The quantitative estimate of drug-likeness (QED) is 0.749. The maximum Gasteiger partial charge on any atom is 0.126 e. The summed E-state index contributed by atoms with van der Waals surface area (Å²) in [5, 5.41) is 1.10. The molecule has 3 rings (SSSR count). The summed E-state index contributed by atoms with van der Waals surface area (Å²) in [5.74, 6) is 0.856. The maximum atomic E-state index is 5.67. The van der Waals surface area contributed by atoms with Gasteiger partial charge in [0, 0.05) is 11.9 Å². The third-order valence-electron chi connectivity index (χ3n) is 2.81. The van der Waals surface area contributed by atoms with Gasteiger partial charge >= 0.3 is 0 Å². The summed E-state index contributed by atoms with van der Waals surface area (Å²) in [6.07, 6.45) is 1.81. The van der Waals surface area contributed by atoms with Crippen molar-refractivity contribution in [2.45, 2.75) is 4.90 Å². The standard InChI is InChI=1S/C15H13NOS/c1-16-13-9-5-6-10-14(13)18-15(16)11-17-12-7-3-2-4-8-12/h2-11H,1H3. The van der Waals surface area contributed by atoms with Gasteiger partial charge < -0.3 is 9.64 Å². The van der Waals surface area contributed by atoms with Crippen LogP contribution >= 0.6 is 11.8 Å². The smallest absolute Gasteiger partial charge is 0.126 e. The highest BCUT2D eigenvalue weighted by Gasteiger charge is 2.21. The summed E-state index contributed by atoms with van der Waals surface area (Å²) >= 11 is 1.73. The molecule has 0 atom stereocenters. The highest BCUT2D eigenvalue weighted by molar-refractivity contribution is 8.03. The third-order valence-corrected chi connectivity index (χ3v) is 3.96. The molecule has 1 aliphatic heterocycles. The van der Waals surface area contributed by atoms with Crippen LogP contribution in [0.3, 0.4) is 0 Å². The van der Waals surface area contributed by atoms with Crippen molar-refractivity contribution in [2.24, 2.45) is 0 Å². The van der Waals surface area contributed by atoms with Gasteiger partial charge in [0.15, 0.2) is 0 Å². The van der Waals surface area contributed by atoms with E-state index in [-0.39, 0.29) is 0 Å². The van der Waals surface area contributed by atoms with Crippen molar-refractivity contribution in [1.29, 1.82) is 0 Å². The first-order valence-corrected chi connectivity index (χ1v) is 6.59. The van der Waals surface area contributed by atoms with Gasteiger partial charge in [0.05, 0.1) is 5.69 Å². The number of anilines is 1. The Labute approximate surface area is 111 Å². The first-order chi connectivity index (χ1) is 8.84. The largest absolute Gasteiger partial charge is 0.462 e. The van der Waals surface area contributed by atoms with Gasteiger partial charge in [-0.3, -0.25) is 0 Å². The van der Waals surface area contributed by atoms with Crippen LogP contribution in [0, 0.1) is 0 Å². The molecule has 0 fully saturated rings. The molecule has 0 radical (unpaired) electrons. The minimum absolute atomic E-state index is 0.856. The Morgan fingerprint density at radius 2 is 1.72 bits per heavy atom. The van der Waals surface area contributed by atoms with Gasteiger partial charge in [0.1, 0.15) is 17.0 Å². The van der Waals surface area contributed by atoms with E-state index in [1.807, 2.05) is 30.3 Å². The minimum Gasteiger partial charge on any atom is -0.462 e. The van der Waals surface area contributed by atoms with E-state index in [1.165, 1.54) is 10.6 Å². The van der Waals surface area contributed by atoms with Crippen LogP contribution in [-0.2, 0) is 0 Å². The second kappa shape index (κ2) is 4.78. The second-order valence-corrected chi connectivity index (χ2v) is 5.08. The lowest BCUT2D eigenvalue weighted by Gasteiger charge is -2.12. The Hall–Kier alpha value is -1.87. The van der Waals surface area contributed by atoms with Crippen LogP contribution < -0.4 is 9.64 Å². The molecule has 0 N–H and O–H groups in total. The fourth-order valence-corrected chi connectivity index (χ4v) is 2.85. The van der Waals surface area contributed by atoms with Crippen molar-refractivity contribution in [2.75, 3.05) is 11.9 Å². The molecule has 2 aromatic carbocycles. The highest BCUT2D eigenvalue weighted by atomic mass is 32.2. The van der Waals surface area contributed by atoms with Gasteiger partial charge in [0.2, 0.25) is 0 Å². The van der Waals surface area contributed by atoms with E-state index < -0.39 is 0 Å².